The normalized spacial score (nSPS) is 13.3. The first-order valence-electron chi connectivity index (χ1n) is 6.38. The van der Waals surface area contributed by atoms with Crippen LogP contribution >= 0.6 is 0 Å². The van der Waals surface area contributed by atoms with Gasteiger partial charge >= 0.3 is 0 Å². The Morgan fingerprint density at radius 1 is 1.48 bits per heavy atom. The molecule has 0 fully saturated rings. The molecule has 0 bridgehead atoms. The van der Waals surface area contributed by atoms with Gasteiger partial charge in [-0.15, -0.1) is 0 Å². The Morgan fingerprint density at radius 3 is 2.67 bits per heavy atom. The van der Waals surface area contributed by atoms with E-state index in [1.165, 1.54) is 19.1 Å². The van der Waals surface area contributed by atoms with Crippen LogP contribution in [0.4, 0.5) is 5.69 Å². The van der Waals surface area contributed by atoms with Gasteiger partial charge < -0.3 is 20.3 Å². The van der Waals surface area contributed by atoms with Crippen molar-refractivity contribution in [3.8, 4) is 5.75 Å². The van der Waals surface area contributed by atoms with Crippen molar-refractivity contribution in [1.82, 2.24) is 5.32 Å². The molecule has 1 aromatic carbocycles. The van der Waals surface area contributed by atoms with E-state index < -0.39 is 17.1 Å². The second-order valence-corrected chi connectivity index (χ2v) is 4.36. The molecule has 0 aliphatic heterocycles. The van der Waals surface area contributed by atoms with Crippen LogP contribution in [0.25, 0.3) is 0 Å². The van der Waals surface area contributed by atoms with E-state index in [-0.39, 0.29) is 29.5 Å². The number of non-ortho nitro benzene ring substituents is 1. The van der Waals surface area contributed by atoms with Gasteiger partial charge in [-0.3, -0.25) is 14.9 Å². The Kier molecular flexibility index (Phi) is 6.07. The van der Waals surface area contributed by atoms with Crippen molar-refractivity contribution in [3.05, 3.63) is 33.9 Å². The summed E-state index contributed by atoms with van der Waals surface area (Å²) in [6, 6.07) is 3.76. The summed E-state index contributed by atoms with van der Waals surface area (Å²) in [7, 11) is 0. The number of aliphatic hydroxyl groups excluding tert-OH is 2. The number of nitro benzene ring substituents is 1. The van der Waals surface area contributed by atoms with Gasteiger partial charge in [0.25, 0.3) is 5.69 Å². The highest BCUT2D eigenvalue weighted by Crippen LogP contribution is 2.31. The molecule has 1 rings (SSSR count). The van der Waals surface area contributed by atoms with E-state index in [1.54, 1.807) is 6.92 Å². The number of ether oxygens (including phenoxy) is 1. The Balaban J connectivity index is 3.03. The van der Waals surface area contributed by atoms with Crippen molar-refractivity contribution < 1.29 is 24.7 Å². The predicted molar refractivity (Wildman–Crippen MR) is 73.9 cm³/mol. The summed E-state index contributed by atoms with van der Waals surface area (Å²) in [5.41, 5.74) is -0.122. The Morgan fingerprint density at radius 2 is 2.14 bits per heavy atom. The fourth-order valence-corrected chi connectivity index (χ4v) is 1.73. The number of hydrogen-bond donors (Lipinski definition) is 3. The monoisotopic (exact) mass is 298 g/mol. The molecule has 1 amide bonds. The molecule has 0 aliphatic carbocycles. The third-order valence-electron chi connectivity index (χ3n) is 2.75. The third-order valence-corrected chi connectivity index (χ3v) is 2.75. The molecule has 8 nitrogen and oxygen atoms in total. The number of nitrogens with one attached hydrogen (secondary N) is 1. The number of carbonyl (C=O) groups is 1. The molecular weight excluding hydrogens is 280 g/mol. The lowest BCUT2D eigenvalue weighted by Gasteiger charge is -2.20. The zero-order valence-corrected chi connectivity index (χ0v) is 11.8. The molecule has 8 heteroatoms. The molecule has 0 radical (unpaired) electrons. The van der Waals surface area contributed by atoms with Gasteiger partial charge in [0.15, 0.2) is 0 Å². The first-order chi connectivity index (χ1) is 9.86. The molecule has 0 saturated heterocycles. The molecule has 0 spiro atoms. The second kappa shape index (κ2) is 7.55. The number of nitro groups is 1. The highest BCUT2D eigenvalue weighted by molar-refractivity contribution is 5.72. The van der Waals surface area contributed by atoms with Gasteiger partial charge in [0.05, 0.1) is 11.5 Å². The van der Waals surface area contributed by atoms with Crippen LogP contribution in [0.5, 0.6) is 5.75 Å². The summed E-state index contributed by atoms with van der Waals surface area (Å²) < 4.78 is 5.29. The van der Waals surface area contributed by atoms with E-state index in [9.17, 15) is 25.1 Å². The van der Waals surface area contributed by atoms with Gasteiger partial charge in [0.1, 0.15) is 18.0 Å². The van der Waals surface area contributed by atoms with Crippen molar-refractivity contribution in [2.24, 2.45) is 0 Å². The van der Waals surface area contributed by atoms with Crippen LogP contribution in [0.2, 0.25) is 0 Å². The molecule has 0 aliphatic rings. The van der Waals surface area contributed by atoms with E-state index in [2.05, 4.69) is 5.32 Å². The molecule has 0 aromatic heterocycles. The number of carbonyl (C=O) groups excluding carboxylic acids is 1. The number of rotatable bonds is 7. The van der Waals surface area contributed by atoms with Crippen LogP contribution in [-0.2, 0) is 4.79 Å². The molecule has 0 saturated carbocycles. The minimum absolute atomic E-state index is 0.101. The van der Waals surface area contributed by atoms with E-state index in [0.717, 1.165) is 6.07 Å². The lowest BCUT2D eigenvalue weighted by Crippen LogP contribution is -2.34. The standard InChI is InChI=1S/C13H18N2O6/c1-3-21-12-5-4-9(15(19)20)6-10(12)13(18)11(17)7-14-8(2)16/h4-6,11,13,17-18H,3,7H2,1-2H3,(H,14,16). The van der Waals surface area contributed by atoms with E-state index in [0.29, 0.717) is 6.61 Å². The number of amides is 1. The minimum atomic E-state index is -1.42. The van der Waals surface area contributed by atoms with Crippen molar-refractivity contribution in [2.75, 3.05) is 13.2 Å². The van der Waals surface area contributed by atoms with Crippen molar-refractivity contribution in [2.45, 2.75) is 26.1 Å². The lowest BCUT2D eigenvalue weighted by atomic mass is 10.0. The van der Waals surface area contributed by atoms with Crippen molar-refractivity contribution in [3.63, 3.8) is 0 Å². The van der Waals surface area contributed by atoms with Crippen molar-refractivity contribution >= 4 is 11.6 Å². The van der Waals surface area contributed by atoms with Crippen LogP contribution in [0.3, 0.4) is 0 Å². The SMILES string of the molecule is CCOc1ccc([N+](=O)[O-])cc1C(O)C(O)CNC(C)=O. The second-order valence-electron chi connectivity index (χ2n) is 4.36. The molecule has 2 unspecified atom stereocenters. The molecule has 21 heavy (non-hydrogen) atoms. The van der Waals surface area contributed by atoms with Gasteiger partial charge in [-0.05, 0) is 13.0 Å². The van der Waals surface area contributed by atoms with Crippen LogP contribution < -0.4 is 10.1 Å². The largest absolute Gasteiger partial charge is 0.493 e. The first kappa shape index (κ1) is 16.9. The molecular formula is C13H18N2O6. The van der Waals surface area contributed by atoms with E-state index in [4.69, 9.17) is 4.74 Å². The van der Waals surface area contributed by atoms with Gasteiger partial charge in [0.2, 0.25) is 5.91 Å². The maximum Gasteiger partial charge on any atom is 0.270 e. The number of nitrogens with zero attached hydrogens (tertiary/aromatic N) is 1. The summed E-state index contributed by atoms with van der Waals surface area (Å²) in [6.45, 7) is 3.13. The first-order valence-corrected chi connectivity index (χ1v) is 6.38. The topological polar surface area (TPSA) is 122 Å². The Bertz CT molecular complexity index is 519. The number of hydrogen-bond acceptors (Lipinski definition) is 6. The average Bonchev–Trinajstić information content (AvgIpc) is 2.44. The smallest absolute Gasteiger partial charge is 0.270 e. The Labute approximate surface area is 121 Å². The molecule has 1 aromatic rings. The zero-order valence-electron chi connectivity index (χ0n) is 11.8. The Hall–Kier alpha value is -2.19. The molecule has 3 N–H and O–H groups in total. The van der Waals surface area contributed by atoms with Gasteiger partial charge in [-0.2, -0.15) is 0 Å². The maximum atomic E-state index is 10.8. The third kappa shape index (κ3) is 4.69. The quantitative estimate of drug-likeness (QED) is 0.498. The minimum Gasteiger partial charge on any atom is -0.493 e. The fraction of sp³-hybridized carbons (Fsp3) is 0.462. The highest BCUT2D eigenvalue weighted by Gasteiger charge is 2.24. The molecule has 0 heterocycles. The predicted octanol–water partition coefficient (Wildman–Crippen LogP) is 0.524. The van der Waals surface area contributed by atoms with Crippen molar-refractivity contribution in [1.29, 1.82) is 0 Å². The maximum absolute atomic E-state index is 10.8. The highest BCUT2D eigenvalue weighted by atomic mass is 16.6. The molecule has 116 valence electrons. The van der Waals surface area contributed by atoms with Gasteiger partial charge in [-0.1, -0.05) is 0 Å². The fourth-order valence-electron chi connectivity index (χ4n) is 1.73. The summed E-state index contributed by atoms with van der Waals surface area (Å²) >= 11 is 0. The summed E-state index contributed by atoms with van der Waals surface area (Å²) in [4.78, 5) is 21.0. The summed E-state index contributed by atoms with van der Waals surface area (Å²) in [5.74, 6) is -0.109. The number of benzene rings is 1. The lowest BCUT2D eigenvalue weighted by molar-refractivity contribution is -0.385. The zero-order chi connectivity index (χ0) is 16.0. The van der Waals surface area contributed by atoms with E-state index in [1.807, 2.05) is 0 Å². The van der Waals surface area contributed by atoms with Crippen LogP contribution in [0.1, 0.15) is 25.5 Å². The van der Waals surface area contributed by atoms with Crippen LogP contribution in [-0.4, -0.2) is 40.3 Å². The van der Waals surface area contributed by atoms with E-state index >= 15 is 0 Å². The van der Waals surface area contributed by atoms with Crippen LogP contribution in [0, 0.1) is 10.1 Å². The van der Waals surface area contributed by atoms with Crippen LogP contribution in [0.15, 0.2) is 18.2 Å². The number of aliphatic hydroxyl groups is 2. The average molecular weight is 298 g/mol. The van der Waals surface area contributed by atoms with Gasteiger partial charge in [-0.25, -0.2) is 0 Å². The molecule has 2 atom stereocenters. The summed E-state index contributed by atoms with van der Waals surface area (Å²) in [6.07, 6.45) is -2.73. The summed E-state index contributed by atoms with van der Waals surface area (Å²) in [5, 5.41) is 33.1. The van der Waals surface area contributed by atoms with Gasteiger partial charge in [0, 0.05) is 31.2 Å².